The molecule has 0 spiro atoms. The quantitative estimate of drug-likeness (QED) is 0.661. The standard InChI is InChI=1S/C24H30FNO/c1-23(27)9-7-18-15(12-23)3-4-20-19(18)8-10-24(2)21(5-6-22(20)24)16-11-17(25)14-26-13-16/h3,5,11,13-14,18-20,22,27H,4,6-10,12H2,1-2H3/t18?,19-,20-,22+,23-,24-/m1/s1. The maximum atomic E-state index is 13.8. The van der Waals surface area contributed by atoms with Gasteiger partial charge in [-0.2, -0.15) is 0 Å². The Morgan fingerprint density at radius 2 is 1.93 bits per heavy atom. The van der Waals surface area contributed by atoms with Gasteiger partial charge >= 0.3 is 0 Å². The molecule has 5 rings (SSSR count). The number of allylic oxidation sites excluding steroid dienone is 3. The second-order valence-electron chi connectivity index (χ2n) is 9.97. The minimum absolute atomic E-state index is 0.141. The van der Waals surface area contributed by atoms with Gasteiger partial charge in [0, 0.05) is 6.20 Å². The number of hydrogen-bond acceptors (Lipinski definition) is 2. The first-order valence-corrected chi connectivity index (χ1v) is 10.6. The third-order valence-corrected chi connectivity index (χ3v) is 8.31. The molecule has 0 aliphatic heterocycles. The molecule has 1 heterocycles. The van der Waals surface area contributed by atoms with Gasteiger partial charge in [0.1, 0.15) is 5.82 Å². The molecular weight excluding hydrogens is 337 g/mol. The topological polar surface area (TPSA) is 33.1 Å². The summed E-state index contributed by atoms with van der Waals surface area (Å²) in [6.45, 7) is 4.40. The van der Waals surface area contributed by atoms with E-state index in [-0.39, 0.29) is 11.2 Å². The number of fused-ring (bicyclic) bond motifs is 5. The summed E-state index contributed by atoms with van der Waals surface area (Å²) in [5, 5.41) is 10.5. The third-order valence-electron chi connectivity index (χ3n) is 8.31. The second-order valence-corrected chi connectivity index (χ2v) is 9.97. The Morgan fingerprint density at radius 1 is 1.07 bits per heavy atom. The number of nitrogens with zero attached hydrogens (tertiary/aromatic N) is 1. The number of rotatable bonds is 1. The fourth-order valence-electron chi connectivity index (χ4n) is 7.04. The van der Waals surface area contributed by atoms with Gasteiger partial charge < -0.3 is 5.11 Å². The van der Waals surface area contributed by atoms with E-state index in [4.69, 9.17) is 0 Å². The van der Waals surface area contributed by atoms with Gasteiger partial charge in [-0.3, -0.25) is 4.98 Å². The number of pyridine rings is 1. The zero-order valence-corrected chi connectivity index (χ0v) is 16.4. The first kappa shape index (κ1) is 17.6. The van der Waals surface area contributed by atoms with Crippen LogP contribution in [-0.4, -0.2) is 15.7 Å². The fraction of sp³-hybridized carbons (Fsp3) is 0.625. The number of aromatic nitrogens is 1. The van der Waals surface area contributed by atoms with Crippen LogP contribution in [0.5, 0.6) is 0 Å². The van der Waals surface area contributed by atoms with E-state index in [0.29, 0.717) is 11.8 Å². The van der Waals surface area contributed by atoms with Crippen LogP contribution in [0.3, 0.4) is 0 Å². The summed E-state index contributed by atoms with van der Waals surface area (Å²) in [7, 11) is 0. The molecule has 27 heavy (non-hydrogen) atoms. The Bertz CT molecular complexity index is 825. The van der Waals surface area contributed by atoms with Gasteiger partial charge in [-0.1, -0.05) is 24.6 Å². The lowest BCUT2D eigenvalue weighted by atomic mass is 9.51. The van der Waals surface area contributed by atoms with E-state index in [9.17, 15) is 9.50 Å². The highest BCUT2D eigenvalue weighted by atomic mass is 19.1. The minimum atomic E-state index is -0.509. The molecule has 2 nitrogen and oxygen atoms in total. The van der Waals surface area contributed by atoms with Crippen molar-refractivity contribution in [2.24, 2.45) is 29.1 Å². The molecule has 1 N–H and O–H groups in total. The molecule has 4 aliphatic rings. The highest BCUT2D eigenvalue weighted by Gasteiger charge is 2.54. The molecule has 1 unspecified atom stereocenters. The highest BCUT2D eigenvalue weighted by Crippen LogP contribution is 2.63. The second kappa shape index (κ2) is 6.01. The number of hydrogen-bond donors (Lipinski definition) is 1. The van der Waals surface area contributed by atoms with Crippen LogP contribution in [0.15, 0.2) is 36.2 Å². The summed E-state index contributed by atoms with van der Waals surface area (Å²) in [5.41, 5.74) is 3.45. The molecule has 3 heteroatoms. The van der Waals surface area contributed by atoms with Gasteiger partial charge in [-0.05, 0) is 98.2 Å². The van der Waals surface area contributed by atoms with Crippen molar-refractivity contribution in [1.82, 2.24) is 4.98 Å². The van der Waals surface area contributed by atoms with E-state index >= 15 is 0 Å². The lowest BCUT2D eigenvalue weighted by molar-refractivity contribution is -0.0122. The van der Waals surface area contributed by atoms with Crippen LogP contribution in [0.25, 0.3) is 5.57 Å². The van der Waals surface area contributed by atoms with Gasteiger partial charge in [-0.25, -0.2) is 4.39 Å². The van der Waals surface area contributed by atoms with E-state index < -0.39 is 5.60 Å². The fourth-order valence-corrected chi connectivity index (χ4v) is 7.04. The lowest BCUT2D eigenvalue weighted by Gasteiger charge is -2.54. The predicted octanol–water partition coefficient (Wildman–Crippen LogP) is 5.54. The Kier molecular flexibility index (Phi) is 3.92. The average molecular weight is 368 g/mol. The van der Waals surface area contributed by atoms with Gasteiger partial charge in [-0.15, -0.1) is 0 Å². The molecule has 2 saturated carbocycles. The summed E-state index contributed by atoms with van der Waals surface area (Å²) in [5.74, 6) is 2.56. The molecule has 0 bridgehead atoms. The lowest BCUT2D eigenvalue weighted by Crippen LogP contribution is -2.46. The molecular formula is C24H30FNO. The summed E-state index contributed by atoms with van der Waals surface area (Å²) in [6.07, 6.45) is 15.6. The van der Waals surface area contributed by atoms with Crippen molar-refractivity contribution in [2.75, 3.05) is 0 Å². The molecule has 0 saturated heterocycles. The van der Waals surface area contributed by atoms with Crippen LogP contribution in [0.4, 0.5) is 4.39 Å². The molecule has 0 radical (unpaired) electrons. The normalized spacial score (nSPS) is 43.3. The van der Waals surface area contributed by atoms with E-state index in [1.807, 2.05) is 13.1 Å². The highest BCUT2D eigenvalue weighted by molar-refractivity contribution is 5.72. The first-order valence-electron chi connectivity index (χ1n) is 10.6. The van der Waals surface area contributed by atoms with E-state index in [2.05, 4.69) is 24.1 Å². The van der Waals surface area contributed by atoms with Crippen molar-refractivity contribution in [2.45, 2.75) is 64.4 Å². The number of halogens is 1. The maximum Gasteiger partial charge on any atom is 0.142 e. The van der Waals surface area contributed by atoms with Crippen molar-refractivity contribution in [3.05, 3.63) is 47.6 Å². The largest absolute Gasteiger partial charge is 0.390 e. The Hall–Kier alpha value is -1.48. The van der Waals surface area contributed by atoms with Crippen LogP contribution in [0.1, 0.15) is 64.4 Å². The molecule has 2 fully saturated rings. The number of aliphatic hydroxyl groups is 1. The predicted molar refractivity (Wildman–Crippen MR) is 105 cm³/mol. The van der Waals surface area contributed by atoms with Crippen molar-refractivity contribution < 1.29 is 9.50 Å². The van der Waals surface area contributed by atoms with Crippen LogP contribution in [-0.2, 0) is 0 Å². The zero-order valence-electron chi connectivity index (χ0n) is 16.4. The summed E-state index contributed by atoms with van der Waals surface area (Å²) < 4.78 is 13.8. The summed E-state index contributed by atoms with van der Waals surface area (Å²) in [6, 6.07) is 1.65. The van der Waals surface area contributed by atoms with Crippen LogP contribution < -0.4 is 0 Å². The molecule has 4 aliphatic carbocycles. The van der Waals surface area contributed by atoms with Crippen molar-refractivity contribution >= 4 is 5.57 Å². The Balaban J connectivity index is 1.44. The van der Waals surface area contributed by atoms with Crippen molar-refractivity contribution in [3.63, 3.8) is 0 Å². The van der Waals surface area contributed by atoms with E-state index in [1.54, 1.807) is 6.07 Å². The monoisotopic (exact) mass is 367 g/mol. The molecule has 1 aromatic heterocycles. The van der Waals surface area contributed by atoms with Crippen LogP contribution in [0.2, 0.25) is 0 Å². The van der Waals surface area contributed by atoms with Gasteiger partial charge in [0.25, 0.3) is 0 Å². The third kappa shape index (κ3) is 2.73. The Morgan fingerprint density at radius 3 is 2.74 bits per heavy atom. The van der Waals surface area contributed by atoms with E-state index in [1.165, 1.54) is 30.2 Å². The molecule has 6 atom stereocenters. The van der Waals surface area contributed by atoms with Crippen molar-refractivity contribution in [3.8, 4) is 0 Å². The summed E-state index contributed by atoms with van der Waals surface area (Å²) in [4.78, 5) is 4.10. The van der Waals surface area contributed by atoms with Gasteiger partial charge in [0.15, 0.2) is 0 Å². The first-order chi connectivity index (χ1) is 12.9. The average Bonchev–Trinajstić information content (AvgIpc) is 2.97. The minimum Gasteiger partial charge on any atom is -0.390 e. The molecule has 0 amide bonds. The van der Waals surface area contributed by atoms with E-state index in [0.717, 1.165) is 49.5 Å². The SMILES string of the molecule is C[C@@]1(O)CCC2C(=CC[C@@H]3[C@@H]2CC[C@]2(C)C(c4cncc(F)c4)=CC[C@@H]32)C1. The molecule has 1 aromatic rings. The van der Waals surface area contributed by atoms with Crippen molar-refractivity contribution in [1.29, 1.82) is 0 Å². The summed E-state index contributed by atoms with van der Waals surface area (Å²) >= 11 is 0. The maximum absolute atomic E-state index is 13.8. The molecule has 0 aromatic carbocycles. The van der Waals surface area contributed by atoms with Gasteiger partial charge in [0.2, 0.25) is 0 Å². The zero-order chi connectivity index (χ0) is 18.8. The Labute approximate surface area is 161 Å². The van der Waals surface area contributed by atoms with Gasteiger partial charge in [0.05, 0.1) is 11.8 Å². The smallest absolute Gasteiger partial charge is 0.142 e. The van der Waals surface area contributed by atoms with Crippen LogP contribution in [0, 0.1) is 34.9 Å². The van der Waals surface area contributed by atoms with Crippen LogP contribution >= 0.6 is 0 Å². The molecule has 144 valence electrons.